The van der Waals surface area contributed by atoms with Gasteiger partial charge in [0, 0.05) is 16.2 Å². The molecule has 0 spiro atoms. The van der Waals surface area contributed by atoms with Gasteiger partial charge in [-0.1, -0.05) is 125 Å². The Balaban J connectivity index is 2.63. The van der Waals surface area contributed by atoms with Gasteiger partial charge in [-0.3, -0.25) is 0 Å². The summed E-state index contributed by atoms with van der Waals surface area (Å²) in [6.07, 6.45) is 7.07. The van der Waals surface area contributed by atoms with Crippen molar-refractivity contribution in [1.82, 2.24) is 0 Å². The van der Waals surface area contributed by atoms with E-state index in [1.54, 1.807) is 0 Å². The summed E-state index contributed by atoms with van der Waals surface area (Å²) in [5, 5.41) is 30.9. The lowest BCUT2D eigenvalue weighted by atomic mass is 9.46. The summed E-state index contributed by atoms with van der Waals surface area (Å²) >= 11 is 0. The van der Waals surface area contributed by atoms with Crippen LogP contribution in [0.4, 0.5) is 0 Å². The lowest BCUT2D eigenvalue weighted by molar-refractivity contribution is -0.0162. The van der Waals surface area contributed by atoms with Gasteiger partial charge in [0.15, 0.2) is 0 Å². The molecule has 0 amide bonds. The van der Waals surface area contributed by atoms with Crippen LogP contribution in [-0.4, -0.2) is 16.6 Å². The maximum absolute atomic E-state index is 5.34. The highest BCUT2D eigenvalue weighted by Crippen LogP contribution is 2.66. The van der Waals surface area contributed by atoms with Crippen molar-refractivity contribution in [3.63, 3.8) is 0 Å². The Morgan fingerprint density at radius 2 is 0.600 bits per heavy atom. The summed E-state index contributed by atoms with van der Waals surface area (Å²) < 4.78 is 0. The first-order valence-electron chi connectivity index (χ1n) is 15.0. The maximum atomic E-state index is 5.34. The van der Waals surface area contributed by atoms with Crippen LogP contribution in [0.1, 0.15) is 125 Å². The summed E-state index contributed by atoms with van der Waals surface area (Å²) in [7, 11) is 0. The average Bonchev–Trinajstić information content (AvgIpc) is 3.44. The molecule has 0 bridgehead atoms. The molecule has 3 heterocycles. The number of allylic oxidation sites excluding steroid dienone is 3. The number of azo groups is 3. The van der Waals surface area contributed by atoms with Crippen LogP contribution in [0.5, 0.6) is 0 Å². The normalized spacial score (nSPS) is 30.6. The fourth-order valence-corrected chi connectivity index (χ4v) is 6.14. The second-order valence-electron chi connectivity index (χ2n) is 18.6. The van der Waals surface area contributed by atoms with E-state index in [2.05, 4.69) is 143 Å². The van der Waals surface area contributed by atoms with Crippen LogP contribution >= 0.6 is 0 Å². The third-order valence-electron chi connectivity index (χ3n) is 9.27. The van der Waals surface area contributed by atoms with Crippen molar-refractivity contribution in [1.29, 1.82) is 0 Å². The molecule has 0 aromatic carbocycles. The molecule has 6 nitrogen and oxygen atoms in total. The number of hydrogen-bond acceptors (Lipinski definition) is 6. The Morgan fingerprint density at radius 3 is 0.725 bits per heavy atom. The van der Waals surface area contributed by atoms with E-state index in [1.165, 1.54) is 0 Å². The van der Waals surface area contributed by atoms with Crippen LogP contribution in [0, 0.1) is 38.4 Å². The summed E-state index contributed by atoms with van der Waals surface area (Å²) in [6.45, 7) is 40.5. The topological polar surface area (TPSA) is 74.2 Å². The van der Waals surface area contributed by atoms with E-state index in [4.69, 9.17) is 30.7 Å². The summed E-state index contributed by atoms with van der Waals surface area (Å²) in [6, 6.07) is 0. The predicted molar refractivity (Wildman–Crippen MR) is 167 cm³/mol. The standard InChI is InChI=1S/C34H58N6/c1-26(2,3)22-19-32(38-35-22,29(10,11)12)25(33(30(13,14)15)20-23(36-39-33)27(4,5)6)34(31(16,17)18)21-24(37-40-34)28(7,8)9/h19-21,25H,1-18H3. The van der Waals surface area contributed by atoms with E-state index in [0.29, 0.717) is 0 Å². The predicted octanol–water partition coefficient (Wildman–Crippen LogP) is 11.1. The Labute approximate surface area is 245 Å². The Kier molecular flexibility index (Phi) is 7.33. The molecule has 3 aliphatic heterocycles. The van der Waals surface area contributed by atoms with Gasteiger partial charge in [-0.2, -0.15) is 30.7 Å². The Morgan fingerprint density at radius 1 is 0.400 bits per heavy atom. The fourth-order valence-electron chi connectivity index (χ4n) is 6.14. The molecule has 0 atom stereocenters. The fraction of sp³-hybridized carbons (Fsp3) is 0.824. The van der Waals surface area contributed by atoms with Crippen LogP contribution < -0.4 is 0 Å². The summed E-state index contributed by atoms with van der Waals surface area (Å²) in [5.41, 5.74) is -0.591. The van der Waals surface area contributed by atoms with Gasteiger partial charge in [0.25, 0.3) is 0 Å². The average molecular weight is 551 g/mol. The van der Waals surface area contributed by atoms with Gasteiger partial charge in [0.05, 0.1) is 23.0 Å². The molecule has 0 fully saturated rings. The van der Waals surface area contributed by atoms with Gasteiger partial charge in [-0.25, -0.2) is 0 Å². The highest BCUT2D eigenvalue weighted by molar-refractivity contribution is 5.43. The molecule has 3 rings (SSSR count). The van der Waals surface area contributed by atoms with E-state index in [0.717, 1.165) is 17.1 Å². The molecule has 0 radical (unpaired) electrons. The minimum absolute atomic E-state index is 0.155. The van der Waals surface area contributed by atoms with E-state index < -0.39 is 16.6 Å². The van der Waals surface area contributed by atoms with E-state index in [9.17, 15) is 0 Å². The monoisotopic (exact) mass is 550 g/mol. The van der Waals surface area contributed by atoms with E-state index in [-0.39, 0.29) is 38.4 Å². The Bertz CT molecular complexity index is 1050. The van der Waals surface area contributed by atoms with Gasteiger partial charge in [0.1, 0.15) is 16.6 Å². The van der Waals surface area contributed by atoms with Gasteiger partial charge in [-0.05, 0) is 34.5 Å². The molecule has 3 aliphatic rings. The van der Waals surface area contributed by atoms with Crippen LogP contribution in [0.15, 0.2) is 66.0 Å². The molecule has 0 aromatic rings. The molecule has 40 heavy (non-hydrogen) atoms. The lowest BCUT2D eigenvalue weighted by Crippen LogP contribution is -2.68. The molecular weight excluding hydrogens is 492 g/mol. The SMILES string of the molecule is CC(C)(C)C1=CC(C(C2(C(C)(C)C)C=C(C(C)(C)C)N=N2)C2(C(C)(C)C)C=C(C(C)(C)C)N=N2)(C(C)(C)C)N=N1. The first kappa shape index (κ1) is 32.5. The molecule has 6 heteroatoms. The minimum Gasteiger partial charge on any atom is -0.177 e. The molecule has 0 saturated carbocycles. The van der Waals surface area contributed by atoms with Crippen LogP contribution in [0.25, 0.3) is 0 Å². The Hall–Kier alpha value is -1.98. The molecule has 0 aliphatic carbocycles. The minimum atomic E-state index is -0.734. The molecule has 0 unspecified atom stereocenters. The highest BCUT2D eigenvalue weighted by atomic mass is 15.3. The number of hydrogen-bond donors (Lipinski definition) is 0. The zero-order chi connectivity index (χ0) is 31.2. The van der Waals surface area contributed by atoms with Crippen molar-refractivity contribution in [3.05, 3.63) is 35.3 Å². The first-order valence-corrected chi connectivity index (χ1v) is 15.0. The largest absolute Gasteiger partial charge is 0.177 e. The van der Waals surface area contributed by atoms with Crippen molar-refractivity contribution in [2.75, 3.05) is 0 Å². The van der Waals surface area contributed by atoms with Crippen LogP contribution in [-0.2, 0) is 0 Å². The second-order valence-corrected chi connectivity index (χ2v) is 18.6. The lowest BCUT2D eigenvalue weighted by Gasteiger charge is -2.59. The van der Waals surface area contributed by atoms with Crippen molar-refractivity contribution >= 4 is 0 Å². The summed E-state index contributed by atoms with van der Waals surface area (Å²) in [4.78, 5) is 0. The third-order valence-corrected chi connectivity index (χ3v) is 9.27. The van der Waals surface area contributed by atoms with Gasteiger partial charge < -0.3 is 0 Å². The van der Waals surface area contributed by atoms with Gasteiger partial charge in [0.2, 0.25) is 0 Å². The molecular formula is C34H58N6. The van der Waals surface area contributed by atoms with Crippen molar-refractivity contribution < 1.29 is 0 Å². The zero-order valence-corrected chi connectivity index (χ0v) is 29.0. The molecule has 0 N–H and O–H groups in total. The second kappa shape index (κ2) is 9.01. The van der Waals surface area contributed by atoms with Crippen molar-refractivity contribution in [3.8, 4) is 0 Å². The molecule has 0 saturated heterocycles. The third kappa shape index (κ3) is 5.00. The maximum Gasteiger partial charge on any atom is 0.115 e. The van der Waals surface area contributed by atoms with E-state index in [1.807, 2.05) is 0 Å². The molecule has 0 aromatic heterocycles. The van der Waals surface area contributed by atoms with Crippen LogP contribution in [0.2, 0.25) is 0 Å². The van der Waals surface area contributed by atoms with Crippen molar-refractivity contribution in [2.24, 2.45) is 69.1 Å². The first-order chi connectivity index (χ1) is 17.6. The van der Waals surface area contributed by atoms with Gasteiger partial charge in [-0.15, -0.1) is 0 Å². The van der Waals surface area contributed by atoms with Gasteiger partial charge >= 0.3 is 0 Å². The van der Waals surface area contributed by atoms with Crippen molar-refractivity contribution in [2.45, 2.75) is 141 Å². The number of nitrogens with zero attached hydrogens (tertiary/aromatic N) is 6. The van der Waals surface area contributed by atoms with E-state index >= 15 is 0 Å². The summed E-state index contributed by atoms with van der Waals surface area (Å²) in [5.74, 6) is -0.261. The zero-order valence-electron chi connectivity index (χ0n) is 29.0. The smallest absolute Gasteiger partial charge is 0.115 e. The highest BCUT2D eigenvalue weighted by Gasteiger charge is 2.71. The molecule has 224 valence electrons. The van der Waals surface area contributed by atoms with Crippen LogP contribution in [0.3, 0.4) is 0 Å². The number of rotatable bonds is 3. The quantitative estimate of drug-likeness (QED) is 0.335.